The Balaban J connectivity index is -0.000000198. The molecule has 0 saturated carbocycles. The molecule has 1 aromatic carbocycles. The van der Waals surface area contributed by atoms with E-state index in [0.29, 0.717) is 17.8 Å². The minimum absolute atomic E-state index is 0.256. The summed E-state index contributed by atoms with van der Waals surface area (Å²) in [6.45, 7) is 26.2. The number of hydrogen-bond acceptors (Lipinski definition) is 8. The van der Waals surface area contributed by atoms with Crippen molar-refractivity contribution in [3.63, 3.8) is 0 Å². The maximum atomic E-state index is 10.5. The number of carbonyl (C=O) groups excluding carboxylic acids is 4. The highest BCUT2D eigenvalue weighted by Crippen LogP contribution is 1.97. The van der Waals surface area contributed by atoms with E-state index in [4.69, 9.17) is 0 Å². The number of hydrogen-bond donors (Lipinski definition) is 0. The number of carbonyl (C=O) groups is 4. The van der Waals surface area contributed by atoms with Gasteiger partial charge in [0.25, 0.3) is 0 Å². The van der Waals surface area contributed by atoms with Gasteiger partial charge in [0.05, 0.1) is 20.8 Å². The predicted octanol–water partition coefficient (Wildman–Crippen LogP) is 6.22. The molecular formula is C31H44O8. The molecule has 0 bridgehead atoms. The molecule has 8 nitrogen and oxygen atoms in total. The smallest absolute Gasteiger partial charge is 0.333 e. The van der Waals surface area contributed by atoms with Crippen LogP contribution in [0.2, 0.25) is 0 Å². The first kappa shape index (κ1) is 41.7. The monoisotopic (exact) mass is 544 g/mol. The molecule has 0 aromatic heterocycles. The van der Waals surface area contributed by atoms with Gasteiger partial charge in [-0.05, 0) is 25.8 Å². The third kappa shape index (κ3) is 35.8. The van der Waals surface area contributed by atoms with E-state index < -0.39 is 5.97 Å². The maximum Gasteiger partial charge on any atom is 0.333 e. The number of esters is 4. The van der Waals surface area contributed by atoms with E-state index in [1.165, 1.54) is 31.9 Å². The summed E-state index contributed by atoms with van der Waals surface area (Å²) in [5, 5.41) is 0. The van der Waals surface area contributed by atoms with Crippen molar-refractivity contribution in [2.45, 2.75) is 33.6 Å². The van der Waals surface area contributed by atoms with Crippen molar-refractivity contribution in [1.82, 2.24) is 0 Å². The Hall–Kier alpha value is -4.46. The van der Waals surface area contributed by atoms with Crippen molar-refractivity contribution in [3.05, 3.63) is 105 Å². The van der Waals surface area contributed by atoms with E-state index in [9.17, 15) is 19.2 Å². The van der Waals surface area contributed by atoms with E-state index in [1.54, 1.807) is 13.8 Å². The molecule has 0 aliphatic rings. The van der Waals surface area contributed by atoms with E-state index in [2.05, 4.69) is 58.4 Å². The van der Waals surface area contributed by atoms with Gasteiger partial charge in [-0.25, -0.2) is 19.2 Å². The predicted molar refractivity (Wildman–Crippen MR) is 158 cm³/mol. The normalized spacial score (nSPS) is 8.03. The van der Waals surface area contributed by atoms with E-state index >= 15 is 0 Å². The van der Waals surface area contributed by atoms with Crippen LogP contribution in [0.15, 0.2) is 99.2 Å². The van der Waals surface area contributed by atoms with Gasteiger partial charge in [0, 0.05) is 23.3 Å². The summed E-state index contributed by atoms with van der Waals surface area (Å²) in [5.41, 5.74) is 2.02. The SMILES string of the molecule is C=C(C)C(=O)OC.C=CC(=O)OC.C=CC(=O)OCCCC.C=CCOC(=O)C(=C)C.C=Cc1ccccc1. The third-order valence-corrected chi connectivity index (χ3v) is 3.53. The summed E-state index contributed by atoms with van der Waals surface area (Å²) >= 11 is 0. The van der Waals surface area contributed by atoms with Crippen molar-refractivity contribution in [1.29, 1.82) is 0 Å². The topological polar surface area (TPSA) is 105 Å². The second-order valence-electron chi connectivity index (χ2n) is 7.01. The van der Waals surface area contributed by atoms with Crippen LogP contribution >= 0.6 is 0 Å². The highest BCUT2D eigenvalue weighted by molar-refractivity contribution is 5.87. The molecule has 0 aliphatic heterocycles. The Bertz CT molecular complexity index is 898. The number of benzene rings is 1. The van der Waals surface area contributed by atoms with Gasteiger partial charge in [0.15, 0.2) is 0 Å². The minimum atomic E-state index is -0.394. The lowest BCUT2D eigenvalue weighted by atomic mass is 10.2. The molecule has 1 aromatic rings. The molecule has 1 rings (SSSR count). The van der Waals surface area contributed by atoms with Gasteiger partial charge in [-0.3, -0.25) is 0 Å². The first-order chi connectivity index (χ1) is 18.4. The van der Waals surface area contributed by atoms with Gasteiger partial charge in [-0.15, -0.1) is 0 Å². The summed E-state index contributed by atoms with van der Waals surface area (Å²) in [7, 11) is 2.64. The summed E-state index contributed by atoms with van der Waals surface area (Å²) in [6, 6.07) is 10.0. The van der Waals surface area contributed by atoms with E-state index in [1.807, 2.05) is 43.3 Å². The molecule has 0 unspecified atom stereocenters. The average Bonchev–Trinajstić information content (AvgIpc) is 2.96. The molecule has 0 radical (unpaired) electrons. The largest absolute Gasteiger partial charge is 0.466 e. The van der Waals surface area contributed by atoms with Gasteiger partial charge in [-0.1, -0.05) is 95.3 Å². The molecule has 0 saturated heterocycles. The Morgan fingerprint density at radius 3 is 1.54 bits per heavy atom. The Labute approximate surface area is 234 Å². The summed E-state index contributed by atoms with van der Waals surface area (Å²) in [6.07, 6.45) is 7.61. The third-order valence-electron chi connectivity index (χ3n) is 3.53. The zero-order valence-corrected chi connectivity index (χ0v) is 24.0. The van der Waals surface area contributed by atoms with Gasteiger partial charge in [-0.2, -0.15) is 0 Å². The second kappa shape index (κ2) is 31.6. The maximum absolute atomic E-state index is 10.5. The van der Waals surface area contributed by atoms with Crippen LogP contribution < -0.4 is 0 Å². The van der Waals surface area contributed by atoms with Crippen molar-refractivity contribution in [3.8, 4) is 0 Å². The van der Waals surface area contributed by atoms with Crippen molar-refractivity contribution in [2.24, 2.45) is 0 Å². The molecule has 0 atom stereocenters. The lowest BCUT2D eigenvalue weighted by Crippen LogP contribution is -2.03. The van der Waals surface area contributed by atoms with Crippen molar-refractivity contribution in [2.75, 3.05) is 27.4 Å². The van der Waals surface area contributed by atoms with Gasteiger partial charge in [0.2, 0.25) is 0 Å². The molecule has 0 fully saturated rings. The Morgan fingerprint density at radius 1 is 0.769 bits per heavy atom. The van der Waals surface area contributed by atoms with Crippen LogP contribution in [0, 0.1) is 0 Å². The lowest BCUT2D eigenvalue weighted by molar-refractivity contribution is -0.138. The Kier molecular flexibility index (Phi) is 33.7. The number of unbranched alkanes of at least 4 members (excludes halogenated alkanes) is 1. The summed E-state index contributed by atoms with van der Waals surface area (Å²) < 4.78 is 17.7. The van der Waals surface area contributed by atoms with Crippen molar-refractivity contribution < 1.29 is 38.1 Å². The molecule has 0 spiro atoms. The first-order valence-electron chi connectivity index (χ1n) is 11.8. The fourth-order valence-electron chi connectivity index (χ4n) is 1.48. The fraction of sp³-hybridized carbons (Fsp3) is 0.290. The van der Waals surface area contributed by atoms with Gasteiger partial charge >= 0.3 is 23.9 Å². The molecule has 216 valence electrons. The lowest BCUT2D eigenvalue weighted by Gasteiger charge is -1.97. The Morgan fingerprint density at radius 2 is 1.28 bits per heavy atom. The zero-order valence-electron chi connectivity index (χ0n) is 24.0. The minimum Gasteiger partial charge on any atom is -0.466 e. The molecule has 0 N–H and O–H groups in total. The average molecular weight is 545 g/mol. The number of rotatable bonds is 10. The number of ether oxygens (including phenoxy) is 4. The van der Waals surface area contributed by atoms with E-state index in [0.717, 1.165) is 18.9 Å². The highest BCUT2D eigenvalue weighted by atomic mass is 16.5. The van der Waals surface area contributed by atoms with Crippen LogP contribution in [-0.2, 0) is 38.1 Å². The van der Waals surface area contributed by atoms with Gasteiger partial charge < -0.3 is 18.9 Å². The second-order valence-corrected chi connectivity index (χ2v) is 7.01. The van der Waals surface area contributed by atoms with Gasteiger partial charge in [0.1, 0.15) is 6.61 Å². The van der Waals surface area contributed by atoms with Crippen molar-refractivity contribution >= 4 is 30.0 Å². The molecule has 0 amide bonds. The molecule has 39 heavy (non-hydrogen) atoms. The first-order valence-corrected chi connectivity index (χ1v) is 11.8. The quantitative estimate of drug-likeness (QED) is 0.112. The van der Waals surface area contributed by atoms with Crippen LogP contribution in [0.5, 0.6) is 0 Å². The molecule has 8 heteroatoms. The summed E-state index contributed by atoms with van der Waals surface area (Å²) in [4.78, 5) is 40.9. The molecule has 0 aliphatic carbocycles. The van der Waals surface area contributed by atoms with Crippen LogP contribution in [0.4, 0.5) is 0 Å². The standard InChI is InChI=1S/C8H8.C7H10O2.C7H12O2.C5H8O2.C4H6O2/c1-2-8-6-4-3-5-7-8;1-4-5-9-7(8)6(2)3;1-3-5-6-9-7(8)4-2;1-4(2)5(6)7-3;1-3-4(5)6-2/h2-7H,1H2;4H,1-2,5H2,3H3;4H,2-3,5-6H2,1H3;1H2,2-3H3;3H,1H2,2H3. The molecular weight excluding hydrogens is 500 g/mol. The van der Waals surface area contributed by atoms with E-state index in [-0.39, 0.29) is 24.5 Å². The molecule has 0 heterocycles. The fourth-order valence-corrected chi connectivity index (χ4v) is 1.48. The number of methoxy groups -OCH3 is 2. The summed E-state index contributed by atoms with van der Waals surface area (Å²) in [5.74, 6) is -1.44. The van der Waals surface area contributed by atoms with Crippen LogP contribution in [0.3, 0.4) is 0 Å². The highest BCUT2D eigenvalue weighted by Gasteiger charge is 1.99. The van der Waals surface area contributed by atoms with Crippen LogP contribution in [0.25, 0.3) is 6.08 Å². The zero-order chi connectivity index (χ0) is 31.1. The van der Waals surface area contributed by atoms with Crippen LogP contribution in [0.1, 0.15) is 39.2 Å². The van der Waals surface area contributed by atoms with Crippen LogP contribution in [-0.4, -0.2) is 51.3 Å².